The number of aromatic nitrogens is 2. The third kappa shape index (κ3) is 3.97. The molecule has 1 aliphatic rings. The van der Waals surface area contributed by atoms with E-state index in [1.54, 1.807) is 6.07 Å². The first-order valence-electron chi connectivity index (χ1n) is 6.67. The summed E-state index contributed by atoms with van der Waals surface area (Å²) in [6.45, 7) is 7.05. The summed E-state index contributed by atoms with van der Waals surface area (Å²) in [5.74, 6) is 1.17. The quantitative estimate of drug-likeness (QED) is 0.844. The minimum atomic E-state index is -0.481. The normalized spacial score (nSPS) is 18.9. The van der Waals surface area contributed by atoms with Gasteiger partial charge in [-0.05, 0) is 39.3 Å². The Morgan fingerprint density at radius 2 is 2.20 bits per heavy atom. The predicted octanol–water partition coefficient (Wildman–Crippen LogP) is 1.16. The molecule has 1 aromatic rings. The Kier molecular flexibility index (Phi) is 3.96. The third-order valence-electron chi connectivity index (χ3n) is 2.90. The van der Waals surface area contributed by atoms with E-state index in [1.165, 1.54) is 0 Å². The summed E-state index contributed by atoms with van der Waals surface area (Å²) in [6, 6.07) is 3.61. The van der Waals surface area contributed by atoms with Crippen molar-refractivity contribution in [3.05, 3.63) is 12.1 Å². The lowest BCUT2D eigenvalue weighted by molar-refractivity contribution is 0.0509. The zero-order valence-corrected chi connectivity index (χ0v) is 12.1. The maximum Gasteiger partial charge on any atom is 0.407 e. The summed E-state index contributed by atoms with van der Waals surface area (Å²) in [6.07, 6.45) is 0.471. The lowest BCUT2D eigenvalue weighted by Gasteiger charge is -2.22. The van der Waals surface area contributed by atoms with Crippen molar-refractivity contribution >= 4 is 17.7 Å². The number of nitrogens with two attached hydrogens (primary N) is 1. The zero-order chi connectivity index (χ0) is 14.8. The van der Waals surface area contributed by atoms with Crippen molar-refractivity contribution in [1.82, 2.24) is 15.5 Å². The summed E-state index contributed by atoms with van der Waals surface area (Å²) in [4.78, 5) is 13.8. The SMILES string of the molecule is CC(C)(C)OC(=O)N[C@@H]1CCN(c2ccc(N)nn2)C1. The number of nitrogens with one attached hydrogen (secondary N) is 1. The topological polar surface area (TPSA) is 93.4 Å². The second-order valence-corrected chi connectivity index (χ2v) is 5.89. The molecule has 0 bridgehead atoms. The number of carbonyl (C=O) groups is 1. The lowest BCUT2D eigenvalue weighted by Crippen LogP contribution is -2.40. The van der Waals surface area contributed by atoms with Gasteiger partial charge in [0, 0.05) is 13.1 Å². The van der Waals surface area contributed by atoms with Crippen LogP contribution in [0.25, 0.3) is 0 Å². The Bertz CT molecular complexity index is 469. The van der Waals surface area contributed by atoms with Crippen LogP contribution in [0.2, 0.25) is 0 Å². The molecule has 1 atom stereocenters. The van der Waals surface area contributed by atoms with Crippen LogP contribution in [0.3, 0.4) is 0 Å². The number of hydrogen-bond donors (Lipinski definition) is 2. The standard InChI is InChI=1S/C13H21N5O2/c1-13(2,3)20-12(19)15-9-6-7-18(8-9)11-5-4-10(14)16-17-11/h4-5,9H,6-8H2,1-3H3,(H2,14,16)(H,15,19)/t9-/m1/s1. The smallest absolute Gasteiger partial charge is 0.407 e. The van der Waals surface area contributed by atoms with Crippen LogP contribution in [0.1, 0.15) is 27.2 Å². The van der Waals surface area contributed by atoms with Crippen molar-refractivity contribution in [2.75, 3.05) is 23.7 Å². The fraction of sp³-hybridized carbons (Fsp3) is 0.615. The average Bonchev–Trinajstić information content (AvgIpc) is 2.75. The summed E-state index contributed by atoms with van der Waals surface area (Å²) < 4.78 is 5.24. The van der Waals surface area contributed by atoms with E-state index in [9.17, 15) is 4.79 Å². The molecule has 110 valence electrons. The van der Waals surface area contributed by atoms with Crippen molar-refractivity contribution in [1.29, 1.82) is 0 Å². The van der Waals surface area contributed by atoms with Crippen LogP contribution in [0.5, 0.6) is 0 Å². The fourth-order valence-electron chi connectivity index (χ4n) is 2.06. The molecule has 7 nitrogen and oxygen atoms in total. The number of alkyl carbamates (subject to hydrolysis) is 1. The summed E-state index contributed by atoms with van der Waals surface area (Å²) in [7, 11) is 0. The highest BCUT2D eigenvalue weighted by Gasteiger charge is 2.26. The van der Waals surface area contributed by atoms with Crippen molar-refractivity contribution in [2.45, 2.75) is 38.8 Å². The average molecular weight is 279 g/mol. The Morgan fingerprint density at radius 3 is 2.80 bits per heavy atom. The molecule has 0 saturated carbocycles. The molecule has 2 rings (SSSR count). The van der Waals surface area contributed by atoms with Gasteiger partial charge in [0.15, 0.2) is 5.82 Å². The maximum absolute atomic E-state index is 11.7. The number of ether oxygens (including phenoxy) is 1. The van der Waals surface area contributed by atoms with Gasteiger partial charge in [-0.1, -0.05) is 0 Å². The van der Waals surface area contributed by atoms with Gasteiger partial charge in [-0.15, -0.1) is 10.2 Å². The van der Waals surface area contributed by atoms with Gasteiger partial charge in [0.2, 0.25) is 0 Å². The van der Waals surface area contributed by atoms with Crippen LogP contribution in [0, 0.1) is 0 Å². The molecule has 2 heterocycles. The zero-order valence-electron chi connectivity index (χ0n) is 12.1. The molecular formula is C13H21N5O2. The summed E-state index contributed by atoms with van der Waals surface area (Å²) >= 11 is 0. The minimum absolute atomic E-state index is 0.0594. The molecule has 3 N–H and O–H groups in total. The van der Waals surface area contributed by atoms with Gasteiger partial charge in [0.05, 0.1) is 6.04 Å². The van der Waals surface area contributed by atoms with Crippen LogP contribution in [-0.2, 0) is 4.74 Å². The lowest BCUT2D eigenvalue weighted by atomic mass is 10.2. The molecule has 7 heteroatoms. The fourth-order valence-corrected chi connectivity index (χ4v) is 2.06. The Balaban J connectivity index is 1.86. The first-order valence-corrected chi connectivity index (χ1v) is 6.67. The van der Waals surface area contributed by atoms with Crippen molar-refractivity contribution in [3.8, 4) is 0 Å². The molecule has 1 aromatic heterocycles. The molecule has 0 unspecified atom stereocenters. The molecule has 1 aliphatic heterocycles. The van der Waals surface area contributed by atoms with Gasteiger partial charge in [-0.3, -0.25) is 0 Å². The number of hydrogen-bond acceptors (Lipinski definition) is 6. The van der Waals surface area contributed by atoms with Gasteiger partial charge in [-0.25, -0.2) is 4.79 Å². The first kappa shape index (κ1) is 14.4. The number of anilines is 2. The molecule has 0 radical (unpaired) electrons. The number of rotatable bonds is 2. The van der Waals surface area contributed by atoms with Gasteiger partial charge in [-0.2, -0.15) is 0 Å². The van der Waals surface area contributed by atoms with Gasteiger partial charge >= 0.3 is 6.09 Å². The first-order chi connectivity index (χ1) is 9.33. The Morgan fingerprint density at radius 1 is 1.45 bits per heavy atom. The molecule has 1 amide bonds. The Labute approximate surface area is 118 Å². The maximum atomic E-state index is 11.7. The number of nitrogens with zero attached hydrogens (tertiary/aromatic N) is 3. The van der Waals surface area contributed by atoms with Crippen molar-refractivity contribution in [2.24, 2.45) is 0 Å². The van der Waals surface area contributed by atoms with Gasteiger partial charge in [0.1, 0.15) is 11.4 Å². The van der Waals surface area contributed by atoms with E-state index >= 15 is 0 Å². The van der Waals surface area contributed by atoms with E-state index in [2.05, 4.69) is 20.4 Å². The summed E-state index contributed by atoms with van der Waals surface area (Å²) in [5, 5.41) is 10.7. The second-order valence-electron chi connectivity index (χ2n) is 5.89. The monoisotopic (exact) mass is 279 g/mol. The van der Waals surface area contributed by atoms with Crippen LogP contribution < -0.4 is 16.0 Å². The predicted molar refractivity (Wildman–Crippen MR) is 76.4 cm³/mol. The van der Waals surface area contributed by atoms with Crippen LogP contribution in [0.4, 0.5) is 16.4 Å². The third-order valence-corrected chi connectivity index (χ3v) is 2.90. The minimum Gasteiger partial charge on any atom is -0.444 e. The summed E-state index contributed by atoms with van der Waals surface area (Å²) in [5.41, 5.74) is 5.03. The van der Waals surface area contributed by atoms with E-state index in [0.717, 1.165) is 18.8 Å². The largest absolute Gasteiger partial charge is 0.444 e. The van der Waals surface area contributed by atoms with Crippen LogP contribution in [0.15, 0.2) is 12.1 Å². The molecule has 0 aliphatic carbocycles. The van der Waals surface area contributed by atoms with E-state index < -0.39 is 5.60 Å². The molecule has 1 saturated heterocycles. The second kappa shape index (κ2) is 5.52. The van der Waals surface area contributed by atoms with E-state index in [-0.39, 0.29) is 12.1 Å². The number of amides is 1. The van der Waals surface area contributed by atoms with Crippen molar-refractivity contribution < 1.29 is 9.53 Å². The highest BCUT2D eigenvalue weighted by atomic mass is 16.6. The van der Waals surface area contributed by atoms with E-state index in [1.807, 2.05) is 26.8 Å². The molecule has 0 spiro atoms. The molecule has 20 heavy (non-hydrogen) atoms. The van der Waals surface area contributed by atoms with E-state index in [0.29, 0.717) is 12.4 Å². The highest BCUT2D eigenvalue weighted by molar-refractivity contribution is 5.68. The molecule has 0 aromatic carbocycles. The van der Waals surface area contributed by atoms with E-state index in [4.69, 9.17) is 10.5 Å². The number of nitrogen functional groups attached to an aromatic ring is 1. The van der Waals surface area contributed by atoms with Crippen LogP contribution >= 0.6 is 0 Å². The Hall–Kier alpha value is -2.05. The van der Waals surface area contributed by atoms with Crippen LogP contribution in [-0.4, -0.2) is 41.0 Å². The molecular weight excluding hydrogens is 258 g/mol. The number of carbonyl (C=O) groups excluding carboxylic acids is 1. The van der Waals surface area contributed by atoms with Gasteiger partial charge in [0.25, 0.3) is 0 Å². The molecule has 1 fully saturated rings. The van der Waals surface area contributed by atoms with Crippen molar-refractivity contribution in [3.63, 3.8) is 0 Å². The van der Waals surface area contributed by atoms with Gasteiger partial charge < -0.3 is 20.7 Å². The highest BCUT2D eigenvalue weighted by Crippen LogP contribution is 2.18.